The van der Waals surface area contributed by atoms with Crippen molar-refractivity contribution in [3.8, 4) is 0 Å². The molecule has 7 heteroatoms. The van der Waals surface area contributed by atoms with Gasteiger partial charge in [-0.1, -0.05) is 6.42 Å². The first-order valence-corrected chi connectivity index (χ1v) is 9.94. The Morgan fingerprint density at radius 3 is 2.54 bits per heavy atom. The molecule has 0 aromatic heterocycles. The van der Waals surface area contributed by atoms with Crippen LogP contribution in [0, 0.1) is 11.7 Å². The third kappa shape index (κ3) is 3.62. The number of hydrogen-bond acceptors (Lipinski definition) is 3. The molecule has 1 aliphatic heterocycles. The van der Waals surface area contributed by atoms with E-state index in [1.165, 1.54) is 10.4 Å². The summed E-state index contributed by atoms with van der Waals surface area (Å²) < 4.78 is 40.8. The number of carbonyl (C=O) groups excluding carboxylic acids is 1. The van der Waals surface area contributed by atoms with Gasteiger partial charge in [-0.05, 0) is 56.7 Å². The van der Waals surface area contributed by atoms with Crippen LogP contribution in [0.2, 0.25) is 0 Å². The highest BCUT2D eigenvalue weighted by molar-refractivity contribution is 7.89. The molecule has 0 bridgehead atoms. The van der Waals surface area contributed by atoms with Gasteiger partial charge in [0.15, 0.2) is 0 Å². The number of sulfonamides is 1. The third-order valence-electron chi connectivity index (χ3n) is 4.81. The number of nitrogens with zero attached hydrogens (tertiary/aromatic N) is 1. The van der Waals surface area contributed by atoms with Crippen LogP contribution in [0.3, 0.4) is 0 Å². The Bertz CT molecular complexity index is 725. The minimum absolute atomic E-state index is 0.0460. The topological polar surface area (TPSA) is 66.5 Å². The van der Waals surface area contributed by atoms with Crippen molar-refractivity contribution in [3.63, 3.8) is 0 Å². The van der Waals surface area contributed by atoms with Crippen LogP contribution in [0.4, 0.5) is 4.39 Å². The summed E-state index contributed by atoms with van der Waals surface area (Å²) in [5, 5.41) is 2.87. The molecule has 1 aromatic rings. The number of hydrogen-bond donors (Lipinski definition) is 1. The molecule has 1 heterocycles. The Labute approximate surface area is 142 Å². The van der Waals surface area contributed by atoms with Crippen LogP contribution in [0.5, 0.6) is 0 Å². The molecular weight excluding hydrogens is 331 g/mol. The molecule has 2 fully saturated rings. The SMILES string of the molecule is CC(NC(=O)c1ccc(F)c(S(=O)(=O)N2CCCCC2)c1)C1CC1. The predicted octanol–water partition coefficient (Wildman–Crippen LogP) is 2.53. The highest BCUT2D eigenvalue weighted by Crippen LogP contribution is 2.32. The summed E-state index contributed by atoms with van der Waals surface area (Å²) in [6.07, 6.45) is 4.73. The summed E-state index contributed by atoms with van der Waals surface area (Å²) >= 11 is 0. The molecule has 1 aliphatic carbocycles. The Morgan fingerprint density at radius 1 is 1.25 bits per heavy atom. The van der Waals surface area contributed by atoms with Gasteiger partial charge < -0.3 is 5.32 Å². The number of piperidine rings is 1. The van der Waals surface area contributed by atoms with Gasteiger partial charge in [0.1, 0.15) is 10.7 Å². The number of nitrogens with one attached hydrogen (secondary N) is 1. The lowest BCUT2D eigenvalue weighted by Gasteiger charge is -2.26. The molecular formula is C17H23FN2O3S. The van der Waals surface area contributed by atoms with Crippen molar-refractivity contribution < 1.29 is 17.6 Å². The van der Waals surface area contributed by atoms with Gasteiger partial charge in [0.2, 0.25) is 10.0 Å². The van der Waals surface area contributed by atoms with E-state index in [1.807, 2.05) is 6.92 Å². The molecule has 1 unspecified atom stereocenters. The summed E-state index contributed by atoms with van der Waals surface area (Å²) in [6.45, 7) is 2.73. The monoisotopic (exact) mass is 354 g/mol. The number of amides is 1. The zero-order chi connectivity index (χ0) is 17.3. The van der Waals surface area contributed by atoms with Crippen molar-refractivity contribution in [2.45, 2.75) is 50.0 Å². The van der Waals surface area contributed by atoms with Crippen molar-refractivity contribution in [1.82, 2.24) is 9.62 Å². The largest absolute Gasteiger partial charge is 0.349 e. The van der Waals surface area contributed by atoms with E-state index in [0.29, 0.717) is 19.0 Å². The van der Waals surface area contributed by atoms with Crippen molar-refractivity contribution in [1.29, 1.82) is 0 Å². The first-order valence-electron chi connectivity index (χ1n) is 8.50. The molecule has 2 aliphatic rings. The van der Waals surface area contributed by atoms with Gasteiger partial charge in [-0.15, -0.1) is 0 Å². The third-order valence-corrected chi connectivity index (χ3v) is 6.73. The molecule has 1 atom stereocenters. The fourth-order valence-electron chi connectivity index (χ4n) is 3.09. The van der Waals surface area contributed by atoms with E-state index in [4.69, 9.17) is 0 Å². The quantitative estimate of drug-likeness (QED) is 0.884. The van der Waals surface area contributed by atoms with E-state index < -0.39 is 20.7 Å². The molecule has 24 heavy (non-hydrogen) atoms. The van der Waals surface area contributed by atoms with Crippen LogP contribution in [0.15, 0.2) is 23.1 Å². The smallest absolute Gasteiger partial charge is 0.251 e. The molecule has 1 amide bonds. The first-order chi connectivity index (χ1) is 11.4. The second kappa shape index (κ2) is 6.80. The second-order valence-electron chi connectivity index (χ2n) is 6.71. The van der Waals surface area contributed by atoms with Gasteiger partial charge in [-0.25, -0.2) is 12.8 Å². The standard InChI is InChI=1S/C17H23FN2O3S/c1-12(13-5-6-13)19-17(21)14-7-8-15(18)16(11-14)24(22,23)20-9-3-2-4-10-20/h7-8,11-13H,2-6,9-10H2,1H3,(H,19,21). The van der Waals surface area contributed by atoms with E-state index in [9.17, 15) is 17.6 Å². The van der Waals surface area contributed by atoms with Gasteiger partial charge in [0.25, 0.3) is 5.91 Å². The Hall–Kier alpha value is -1.47. The predicted molar refractivity (Wildman–Crippen MR) is 88.7 cm³/mol. The average Bonchev–Trinajstić information content (AvgIpc) is 3.40. The molecule has 1 saturated carbocycles. The number of benzene rings is 1. The van der Waals surface area contributed by atoms with Crippen molar-refractivity contribution >= 4 is 15.9 Å². The van der Waals surface area contributed by atoms with Gasteiger partial charge in [0.05, 0.1) is 0 Å². The lowest BCUT2D eigenvalue weighted by Crippen LogP contribution is -2.36. The molecule has 0 spiro atoms. The maximum atomic E-state index is 14.1. The normalized spacial score (nSPS) is 20.6. The fourth-order valence-corrected chi connectivity index (χ4v) is 4.70. The second-order valence-corrected chi connectivity index (χ2v) is 8.62. The van der Waals surface area contributed by atoms with E-state index in [0.717, 1.165) is 44.2 Å². The number of rotatable bonds is 5. The lowest BCUT2D eigenvalue weighted by atomic mass is 10.1. The minimum atomic E-state index is -3.90. The van der Waals surface area contributed by atoms with Gasteiger partial charge >= 0.3 is 0 Å². The van der Waals surface area contributed by atoms with E-state index >= 15 is 0 Å². The number of carbonyl (C=O) groups is 1. The lowest BCUT2D eigenvalue weighted by molar-refractivity contribution is 0.0935. The van der Waals surface area contributed by atoms with Gasteiger partial charge in [-0.3, -0.25) is 4.79 Å². The highest BCUT2D eigenvalue weighted by Gasteiger charge is 2.31. The van der Waals surface area contributed by atoms with Gasteiger partial charge in [0, 0.05) is 24.7 Å². The summed E-state index contributed by atoms with van der Waals surface area (Å²) in [5.74, 6) is -0.678. The van der Waals surface area contributed by atoms with Crippen LogP contribution in [-0.2, 0) is 10.0 Å². The van der Waals surface area contributed by atoms with Crippen LogP contribution < -0.4 is 5.32 Å². The summed E-state index contributed by atoms with van der Waals surface area (Å²) in [4.78, 5) is 11.9. The molecule has 5 nitrogen and oxygen atoms in total. The first kappa shape index (κ1) is 17.4. The molecule has 0 radical (unpaired) electrons. The minimum Gasteiger partial charge on any atom is -0.349 e. The zero-order valence-electron chi connectivity index (χ0n) is 13.8. The summed E-state index contributed by atoms with van der Waals surface area (Å²) in [7, 11) is -3.90. The Morgan fingerprint density at radius 2 is 1.92 bits per heavy atom. The molecule has 1 aromatic carbocycles. The van der Waals surface area contributed by atoms with Crippen LogP contribution >= 0.6 is 0 Å². The van der Waals surface area contributed by atoms with Crippen molar-refractivity contribution in [2.24, 2.45) is 5.92 Å². The molecule has 1 saturated heterocycles. The van der Waals surface area contributed by atoms with Crippen LogP contribution in [0.1, 0.15) is 49.4 Å². The molecule has 1 N–H and O–H groups in total. The molecule has 132 valence electrons. The van der Waals surface area contributed by atoms with E-state index in [1.54, 1.807) is 0 Å². The Kier molecular flexibility index (Phi) is 4.92. The van der Waals surface area contributed by atoms with E-state index in [2.05, 4.69) is 5.32 Å². The van der Waals surface area contributed by atoms with Crippen LogP contribution in [0.25, 0.3) is 0 Å². The summed E-state index contributed by atoms with van der Waals surface area (Å²) in [5.41, 5.74) is 0.180. The molecule has 3 rings (SSSR count). The zero-order valence-corrected chi connectivity index (χ0v) is 14.6. The summed E-state index contributed by atoms with van der Waals surface area (Å²) in [6, 6.07) is 3.60. The Balaban J connectivity index is 1.83. The average molecular weight is 354 g/mol. The van der Waals surface area contributed by atoms with Crippen molar-refractivity contribution in [3.05, 3.63) is 29.6 Å². The fraction of sp³-hybridized carbons (Fsp3) is 0.588. The van der Waals surface area contributed by atoms with Crippen molar-refractivity contribution in [2.75, 3.05) is 13.1 Å². The maximum Gasteiger partial charge on any atom is 0.251 e. The van der Waals surface area contributed by atoms with E-state index in [-0.39, 0.29) is 17.5 Å². The van der Waals surface area contributed by atoms with Crippen LogP contribution in [-0.4, -0.2) is 37.8 Å². The van der Waals surface area contributed by atoms with Gasteiger partial charge in [-0.2, -0.15) is 4.31 Å². The highest BCUT2D eigenvalue weighted by atomic mass is 32.2. The maximum absolute atomic E-state index is 14.1. The number of halogens is 1.